The molecule has 6 nitrogen and oxygen atoms in total. The van der Waals surface area contributed by atoms with Crippen molar-refractivity contribution >= 4 is 11.6 Å². The molecule has 0 aliphatic carbocycles. The predicted molar refractivity (Wildman–Crippen MR) is 103 cm³/mol. The summed E-state index contributed by atoms with van der Waals surface area (Å²) in [6, 6.07) is 15.9. The second-order valence-electron chi connectivity index (χ2n) is 6.56. The summed E-state index contributed by atoms with van der Waals surface area (Å²) in [7, 11) is 0. The van der Waals surface area contributed by atoms with Crippen molar-refractivity contribution < 1.29 is 0 Å². The minimum Gasteiger partial charge on any atom is -0.370 e. The minimum absolute atomic E-state index is 0.514. The Kier molecular flexibility index (Phi) is 4.31. The Hall–Kier alpha value is -3.28. The number of anilines is 1. The second kappa shape index (κ2) is 6.92. The first kappa shape index (κ1) is 16.2. The summed E-state index contributed by atoms with van der Waals surface area (Å²) in [5.41, 5.74) is 2.79. The van der Waals surface area contributed by atoms with Crippen molar-refractivity contribution in [3.8, 4) is 22.6 Å². The zero-order valence-electron chi connectivity index (χ0n) is 14.8. The number of hydrogen-bond donors (Lipinski definition) is 1. The van der Waals surface area contributed by atoms with Crippen molar-refractivity contribution in [1.82, 2.24) is 24.6 Å². The number of pyridine rings is 1. The average molecular weight is 344 g/mol. The van der Waals surface area contributed by atoms with Crippen molar-refractivity contribution in [2.45, 2.75) is 13.8 Å². The number of aromatic nitrogens is 5. The van der Waals surface area contributed by atoms with E-state index in [4.69, 9.17) is 4.98 Å². The van der Waals surface area contributed by atoms with E-state index in [2.05, 4.69) is 34.2 Å². The first-order chi connectivity index (χ1) is 12.7. The van der Waals surface area contributed by atoms with Gasteiger partial charge in [0.25, 0.3) is 5.78 Å². The Balaban J connectivity index is 1.85. The summed E-state index contributed by atoms with van der Waals surface area (Å²) in [4.78, 5) is 13.5. The molecule has 0 saturated heterocycles. The molecule has 4 rings (SSSR count). The van der Waals surface area contributed by atoms with Gasteiger partial charge in [-0.15, -0.1) is 5.10 Å². The fraction of sp³-hybridized carbons (Fsp3) is 0.200. The topological polar surface area (TPSA) is 68.0 Å². The highest BCUT2D eigenvalue weighted by atomic mass is 15.4. The summed E-state index contributed by atoms with van der Waals surface area (Å²) in [5, 5.41) is 8.10. The molecular formula is C20H20N6. The zero-order chi connectivity index (χ0) is 17.9. The van der Waals surface area contributed by atoms with E-state index in [1.807, 2.05) is 48.5 Å². The normalized spacial score (nSPS) is 11.2. The number of rotatable bonds is 5. The lowest BCUT2D eigenvalue weighted by Crippen LogP contribution is -2.12. The van der Waals surface area contributed by atoms with E-state index in [-0.39, 0.29) is 0 Å². The van der Waals surface area contributed by atoms with Crippen LogP contribution in [0.5, 0.6) is 0 Å². The largest absolute Gasteiger partial charge is 0.370 e. The van der Waals surface area contributed by atoms with E-state index in [9.17, 15) is 0 Å². The molecule has 3 aromatic heterocycles. The monoisotopic (exact) mass is 344 g/mol. The number of benzene rings is 1. The maximum absolute atomic E-state index is 4.71. The van der Waals surface area contributed by atoms with Gasteiger partial charge in [-0.3, -0.25) is 4.98 Å². The lowest BCUT2D eigenvalue weighted by molar-refractivity contribution is 0.684. The molecule has 0 saturated carbocycles. The molecule has 4 aromatic rings. The molecule has 0 aliphatic heterocycles. The smallest absolute Gasteiger partial charge is 0.255 e. The van der Waals surface area contributed by atoms with E-state index in [1.54, 1.807) is 16.9 Å². The summed E-state index contributed by atoms with van der Waals surface area (Å²) >= 11 is 0. The zero-order valence-corrected chi connectivity index (χ0v) is 14.8. The van der Waals surface area contributed by atoms with Crippen molar-refractivity contribution in [3.63, 3.8) is 0 Å². The van der Waals surface area contributed by atoms with Gasteiger partial charge in [0.15, 0.2) is 5.82 Å². The highest BCUT2D eigenvalue weighted by Gasteiger charge is 2.13. The van der Waals surface area contributed by atoms with Gasteiger partial charge >= 0.3 is 0 Å². The SMILES string of the molecule is CC(C)CNc1cc(-c2ccccc2)nc2nc(-c3cccnc3)nn12. The molecule has 26 heavy (non-hydrogen) atoms. The van der Waals surface area contributed by atoms with Crippen molar-refractivity contribution in [2.75, 3.05) is 11.9 Å². The van der Waals surface area contributed by atoms with E-state index < -0.39 is 0 Å². The molecule has 0 fully saturated rings. The molecule has 3 heterocycles. The lowest BCUT2D eigenvalue weighted by Gasteiger charge is -2.11. The lowest BCUT2D eigenvalue weighted by atomic mass is 10.1. The Morgan fingerprint density at radius 2 is 1.81 bits per heavy atom. The molecule has 1 N–H and O–H groups in total. The van der Waals surface area contributed by atoms with Crippen LogP contribution in [0.3, 0.4) is 0 Å². The molecule has 0 bridgehead atoms. The van der Waals surface area contributed by atoms with Crippen LogP contribution in [0.2, 0.25) is 0 Å². The molecular weight excluding hydrogens is 324 g/mol. The maximum Gasteiger partial charge on any atom is 0.255 e. The van der Waals surface area contributed by atoms with Gasteiger partial charge in [-0.1, -0.05) is 44.2 Å². The Morgan fingerprint density at radius 3 is 2.54 bits per heavy atom. The molecule has 0 radical (unpaired) electrons. The van der Waals surface area contributed by atoms with Crippen LogP contribution in [-0.4, -0.2) is 31.1 Å². The number of nitrogens with zero attached hydrogens (tertiary/aromatic N) is 5. The fourth-order valence-electron chi connectivity index (χ4n) is 2.68. The molecule has 0 unspecified atom stereocenters. The van der Waals surface area contributed by atoms with Gasteiger partial charge in [0, 0.05) is 36.1 Å². The van der Waals surface area contributed by atoms with Crippen molar-refractivity contribution in [2.24, 2.45) is 5.92 Å². The van der Waals surface area contributed by atoms with Crippen LogP contribution in [0.15, 0.2) is 60.9 Å². The van der Waals surface area contributed by atoms with Gasteiger partial charge in [0.2, 0.25) is 0 Å². The molecule has 0 spiro atoms. The molecule has 0 atom stereocenters. The van der Waals surface area contributed by atoms with Crippen LogP contribution >= 0.6 is 0 Å². The fourth-order valence-corrected chi connectivity index (χ4v) is 2.68. The van der Waals surface area contributed by atoms with Crippen molar-refractivity contribution in [1.29, 1.82) is 0 Å². The number of hydrogen-bond acceptors (Lipinski definition) is 5. The summed E-state index contributed by atoms with van der Waals surface area (Å²) < 4.78 is 1.76. The predicted octanol–water partition coefficient (Wildman–Crippen LogP) is 3.92. The number of fused-ring (bicyclic) bond motifs is 1. The van der Waals surface area contributed by atoms with Crippen LogP contribution in [0.25, 0.3) is 28.4 Å². The van der Waals surface area contributed by atoms with E-state index in [1.165, 1.54) is 0 Å². The van der Waals surface area contributed by atoms with Crippen LogP contribution < -0.4 is 5.32 Å². The highest BCUT2D eigenvalue weighted by molar-refractivity contribution is 5.66. The maximum atomic E-state index is 4.71. The molecule has 0 aliphatic rings. The molecule has 0 amide bonds. The third-order valence-electron chi connectivity index (χ3n) is 3.99. The van der Waals surface area contributed by atoms with Gasteiger partial charge in [-0.05, 0) is 18.1 Å². The Labute approximate surface area is 152 Å². The third-order valence-corrected chi connectivity index (χ3v) is 3.99. The van der Waals surface area contributed by atoms with E-state index in [0.29, 0.717) is 17.5 Å². The van der Waals surface area contributed by atoms with E-state index in [0.717, 1.165) is 29.2 Å². The standard InChI is InChI=1S/C20H20N6/c1-14(2)12-22-18-11-17(15-7-4-3-5-8-15)23-20-24-19(25-26(18)20)16-9-6-10-21-13-16/h3-11,13-14,22H,12H2,1-2H3. The van der Waals surface area contributed by atoms with Gasteiger partial charge in [0.05, 0.1) is 5.69 Å². The van der Waals surface area contributed by atoms with Crippen molar-refractivity contribution in [3.05, 3.63) is 60.9 Å². The third kappa shape index (κ3) is 3.26. The first-order valence-electron chi connectivity index (χ1n) is 8.68. The quantitative estimate of drug-likeness (QED) is 0.594. The summed E-state index contributed by atoms with van der Waals surface area (Å²) in [6.07, 6.45) is 3.49. The Bertz CT molecular complexity index is 1010. The molecule has 1 aromatic carbocycles. The first-order valence-corrected chi connectivity index (χ1v) is 8.68. The number of nitrogens with one attached hydrogen (secondary N) is 1. The van der Waals surface area contributed by atoms with Crippen LogP contribution in [0.4, 0.5) is 5.82 Å². The van der Waals surface area contributed by atoms with Gasteiger partial charge in [0.1, 0.15) is 5.82 Å². The minimum atomic E-state index is 0.514. The van der Waals surface area contributed by atoms with Gasteiger partial charge in [-0.2, -0.15) is 9.50 Å². The average Bonchev–Trinajstić information content (AvgIpc) is 3.12. The van der Waals surface area contributed by atoms with Crippen LogP contribution in [0, 0.1) is 5.92 Å². The molecule has 130 valence electrons. The Morgan fingerprint density at radius 1 is 1.00 bits per heavy atom. The highest BCUT2D eigenvalue weighted by Crippen LogP contribution is 2.23. The summed E-state index contributed by atoms with van der Waals surface area (Å²) in [5.74, 6) is 2.57. The molecule has 6 heteroatoms. The van der Waals surface area contributed by atoms with Crippen LogP contribution in [0.1, 0.15) is 13.8 Å². The second-order valence-corrected chi connectivity index (χ2v) is 6.56. The van der Waals surface area contributed by atoms with Crippen LogP contribution in [-0.2, 0) is 0 Å². The van der Waals surface area contributed by atoms with Gasteiger partial charge in [-0.25, -0.2) is 4.98 Å². The summed E-state index contributed by atoms with van der Waals surface area (Å²) in [6.45, 7) is 5.19. The van der Waals surface area contributed by atoms with Gasteiger partial charge < -0.3 is 5.32 Å². The van der Waals surface area contributed by atoms with E-state index >= 15 is 0 Å².